The largest absolute Gasteiger partial charge is 0.435 e. The summed E-state index contributed by atoms with van der Waals surface area (Å²) in [4.78, 5) is 15.9. The Balaban J connectivity index is 2.26. The van der Waals surface area contributed by atoms with Crippen LogP contribution in [0.4, 0.5) is 51.1 Å². The first-order chi connectivity index (χ1) is 16.0. The zero-order valence-electron chi connectivity index (χ0n) is 17.3. The van der Waals surface area contributed by atoms with E-state index in [9.17, 15) is 44.3 Å². The van der Waals surface area contributed by atoms with Crippen LogP contribution in [0.1, 0.15) is 27.9 Å². The second-order valence-corrected chi connectivity index (χ2v) is 7.73. The fraction of sp³-hybridized carbons (Fsp3) is 0.238. The fourth-order valence-corrected chi connectivity index (χ4v) is 3.28. The molecule has 1 heterocycles. The van der Waals surface area contributed by atoms with E-state index in [0.29, 0.717) is 10.1 Å². The summed E-state index contributed by atoms with van der Waals surface area (Å²) in [5, 5.41) is 0.494. The average Bonchev–Trinajstić information content (AvgIpc) is 2.72. The maximum atomic E-state index is 13.5. The maximum Gasteiger partial charge on any atom is 0.435 e. The summed E-state index contributed by atoms with van der Waals surface area (Å²) in [6.45, 7) is 1.23. The van der Waals surface area contributed by atoms with Gasteiger partial charge in [0.15, 0.2) is 5.69 Å². The molecule has 0 spiro atoms. The molecule has 0 aliphatic rings. The Hall–Kier alpha value is -3.22. The minimum atomic E-state index is -5.28. The van der Waals surface area contributed by atoms with Crippen LogP contribution in [0.25, 0.3) is 0 Å². The van der Waals surface area contributed by atoms with Crippen LogP contribution in [0.2, 0.25) is 5.02 Å². The van der Waals surface area contributed by atoms with Crippen LogP contribution in [0, 0.1) is 6.92 Å². The summed E-state index contributed by atoms with van der Waals surface area (Å²) in [7, 11) is 0. The van der Waals surface area contributed by atoms with Gasteiger partial charge < -0.3 is 5.32 Å². The summed E-state index contributed by atoms with van der Waals surface area (Å²) in [5.74, 6) is -1.09. The smallest absolute Gasteiger partial charge is 0.325 e. The molecule has 1 aromatic heterocycles. The van der Waals surface area contributed by atoms with E-state index in [-0.39, 0.29) is 18.2 Å². The lowest BCUT2D eigenvalue weighted by Crippen LogP contribution is -2.29. The molecule has 1 N–H and O–H groups in total. The number of alkyl halides is 9. The van der Waals surface area contributed by atoms with E-state index in [1.807, 2.05) is 5.32 Å². The van der Waals surface area contributed by atoms with Crippen molar-refractivity contribution in [2.45, 2.75) is 32.0 Å². The molecule has 4 nitrogen and oxygen atoms in total. The van der Waals surface area contributed by atoms with Gasteiger partial charge in [-0.1, -0.05) is 41.4 Å². The number of nitrogens with one attached hydrogen (secondary N) is 1. The Kier molecular flexibility index (Phi) is 6.86. The number of anilines is 2. The van der Waals surface area contributed by atoms with Gasteiger partial charge in [0.05, 0.1) is 23.4 Å². The molecule has 0 aliphatic heterocycles. The second kappa shape index (κ2) is 9.10. The molecule has 3 rings (SSSR count). The van der Waals surface area contributed by atoms with Gasteiger partial charge in [0, 0.05) is 0 Å². The molecule has 2 aromatic carbocycles. The van der Waals surface area contributed by atoms with E-state index in [2.05, 4.69) is 4.98 Å². The summed E-state index contributed by atoms with van der Waals surface area (Å²) in [6, 6.07) is 6.53. The fourth-order valence-electron chi connectivity index (χ4n) is 3.03. The first-order valence-electron chi connectivity index (χ1n) is 9.47. The maximum absolute atomic E-state index is 13.5. The monoisotopic (exact) mass is 529 g/mol. The molecule has 0 fully saturated rings. The molecule has 0 saturated carbocycles. The van der Waals surface area contributed by atoms with E-state index in [0.717, 1.165) is 5.56 Å². The van der Waals surface area contributed by atoms with Crippen LogP contribution in [-0.4, -0.2) is 9.55 Å². The van der Waals surface area contributed by atoms with Crippen LogP contribution in [0.3, 0.4) is 0 Å². The molecule has 188 valence electrons. The van der Waals surface area contributed by atoms with E-state index >= 15 is 0 Å². The number of benzene rings is 2. The number of aryl methyl sites for hydroxylation is 1. The molecule has 14 heteroatoms. The van der Waals surface area contributed by atoms with E-state index < -0.39 is 64.1 Å². The third-order valence-corrected chi connectivity index (χ3v) is 5.08. The molecule has 35 heavy (non-hydrogen) atoms. The molecule has 0 unspecified atom stereocenters. The highest BCUT2D eigenvalue weighted by Crippen LogP contribution is 2.40. The Morgan fingerprint density at radius 3 is 2.00 bits per heavy atom. The van der Waals surface area contributed by atoms with Crippen molar-refractivity contribution >= 4 is 23.2 Å². The predicted octanol–water partition coefficient (Wildman–Crippen LogP) is 7.05. The van der Waals surface area contributed by atoms with Gasteiger partial charge in [-0.05, 0) is 30.7 Å². The molecule has 0 bridgehead atoms. The van der Waals surface area contributed by atoms with Gasteiger partial charge in [-0.2, -0.15) is 39.5 Å². The topological polar surface area (TPSA) is 46.9 Å². The summed E-state index contributed by atoms with van der Waals surface area (Å²) < 4.78 is 120. The molecular formula is C21H13ClF9N3O. The zero-order valence-corrected chi connectivity index (χ0v) is 18.1. The third kappa shape index (κ3) is 5.89. The molecule has 0 radical (unpaired) electrons. The van der Waals surface area contributed by atoms with Crippen molar-refractivity contribution < 1.29 is 39.5 Å². The lowest BCUT2D eigenvalue weighted by molar-refractivity contribution is -0.141. The molecule has 3 aromatic rings. The van der Waals surface area contributed by atoms with Gasteiger partial charge >= 0.3 is 18.5 Å². The number of hydrogen-bond acceptors (Lipinski definition) is 3. The van der Waals surface area contributed by atoms with E-state index in [1.54, 1.807) is 19.1 Å². The highest BCUT2D eigenvalue weighted by atomic mass is 35.5. The Bertz CT molecular complexity index is 1290. The highest BCUT2D eigenvalue weighted by molar-refractivity contribution is 6.31. The Morgan fingerprint density at radius 1 is 0.886 bits per heavy atom. The minimum Gasteiger partial charge on any atom is -0.325 e. The summed E-state index contributed by atoms with van der Waals surface area (Å²) in [6.07, 6.45) is -15.5. The molecular weight excluding hydrogens is 517 g/mol. The Labute approximate surface area is 196 Å². The van der Waals surface area contributed by atoms with Gasteiger partial charge in [0.1, 0.15) is 5.02 Å². The van der Waals surface area contributed by atoms with Gasteiger partial charge in [-0.15, -0.1) is 0 Å². The van der Waals surface area contributed by atoms with Gasteiger partial charge in [-0.3, -0.25) is 9.36 Å². The number of rotatable bonds is 4. The third-order valence-electron chi connectivity index (χ3n) is 4.74. The molecule has 0 saturated heterocycles. The summed E-state index contributed by atoms with van der Waals surface area (Å²) >= 11 is 5.57. The number of nitrogens with zero attached hydrogens (tertiary/aromatic N) is 2. The van der Waals surface area contributed by atoms with Crippen molar-refractivity contribution in [3.05, 3.63) is 85.8 Å². The quantitative estimate of drug-likeness (QED) is 0.368. The van der Waals surface area contributed by atoms with E-state index in [4.69, 9.17) is 11.6 Å². The van der Waals surface area contributed by atoms with Crippen molar-refractivity contribution in [1.82, 2.24) is 9.55 Å². The number of halogens is 10. The SMILES string of the molecule is Cc1ccc(Cn2c(Nc3cc(C(F)(F)F)ccc3C(F)(F)F)nc(C(F)(F)F)c(Cl)c2=O)cc1. The predicted molar refractivity (Wildman–Crippen MR) is 109 cm³/mol. The van der Waals surface area contributed by atoms with Crippen LogP contribution >= 0.6 is 11.6 Å². The normalized spacial score (nSPS) is 12.7. The van der Waals surface area contributed by atoms with Crippen molar-refractivity contribution in [2.75, 3.05) is 5.32 Å². The lowest BCUT2D eigenvalue weighted by Gasteiger charge is -2.20. The van der Waals surface area contributed by atoms with Gasteiger partial charge in [-0.25, -0.2) is 4.98 Å². The van der Waals surface area contributed by atoms with Crippen LogP contribution < -0.4 is 10.9 Å². The van der Waals surface area contributed by atoms with Crippen molar-refractivity contribution in [3.63, 3.8) is 0 Å². The minimum absolute atomic E-state index is 0.0626. The first-order valence-corrected chi connectivity index (χ1v) is 9.85. The van der Waals surface area contributed by atoms with Crippen molar-refractivity contribution in [2.24, 2.45) is 0 Å². The lowest BCUT2D eigenvalue weighted by atomic mass is 10.1. The number of hydrogen-bond donors (Lipinski definition) is 1. The van der Waals surface area contributed by atoms with Crippen LogP contribution in [-0.2, 0) is 25.1 Å². The standard InChI is InChI=1S/C21H13ClF9N3O/c1-10-2-4-11(5-3-10)9-34-17(35)15(22)16(21(29,30)31)33-18(34)32-14-8-12(19(23,24)25)6-7-13(14)20(26,27)28/h2-8H,9H2,1H3,(H,32,33). The van der Waals surface area contributed by atoms with Gasteiger partial charge in [0.2, 0.25) is 5.95 Å². The Morgan fingerprint density at radius 2 is 1.49 bits per heavy atom. The van der Waals surface area contributed by atoms with Crippen molar-refractivity contribution in [1.29, 1.82) is 0 Å². The van der Waals surface area contributed by atoms with Crippen LogP contribution in [0.5, 0.6) is 0 Å². The average molecular weight is 530 g/mol. The highest BCUT2D eigenvalue weighted by Gasteiger charge is 2.40. The first kappa shape index (κ1) is 26.4. The second-order valence-electron chi connectivity index (χ2n) is 7.35. The zero-order chi connectivity index (χ0) is 26.3. The van der Waals surface area contributed by atoms with E-state index in [1.165, 1.54) is 12.1 Å². The van der Waals surface area contributed by atoms with Crippen molar-refractivity contribution in [3.8, 4) is 0 Å². The molecule has 0 amide bonds. The molecule has 0 aliphatic carbocycles. The number of aromatic nitrogens is 2. The van der Waals surface area contributed by atoms with Crippen LogP contribution in [0.15, 0.2) is 47.3 Å². The summed E-state index contributed by atoms with van der Waals surface area (Å²) in [5.41, 5.74) is -6.63. The van der Waals surface area contributed by atoms with Gasteiger partial charge in [0.25, 0.3) is 5.56 Å². The molecule has 0 atom stereocenters.